The molecule has 25 heavy (non-hydrogen) atoms. The minimum atomic E-state index is -2.89. The normalized spacial score (nSPS) is 21.0. The summed E-state index contributed by atoms with van der Waals surface area (Å²) >= 11 is 0. The molecule has 0 radical (unpaired) electrons. The van der Waals surface area contributed by atoms with Crippen molar-refractivity contribution < 1.29 is 18.3 Å². The van der Waals surface area contributed by atoms with Crippen LogP contribution in [-0.4, -0.2) is 16.2 Å². The number of aromatic nitrogens is 2. The van der Waals surface area contributed by atoms with Crippen molar-refractivity contribution >= 4 is 16.8 Å². The molecule has 1 aromatic heterocycles. The molecule has 2 atom stereocenters. The lowest BCUT2D eigenvalue weighted by Crippen LogP contribution is -2.13. The zero-order valence-electron chi connectivity index (χ0n) is 13.2. The van der Waals surface area contributed by atoms with Crippen molar-refractivity contribution in [1.29, 1.82) is 0 Å². The molecule has 0 N–H and O–H groups in total. The van der Waals surface area contributed by atoms with E-state index in [1.165, 1.54) is 0 Å². The van der Waals surface area contributed by atoms with Gasteiger partial charge in [0.15, 0.2) is 11.9 Å². The monoisotopic (exact) mass is 340 g/mol. The average Bonchev–Trinajstić information content (AvgIpc) is 3.07. The molecule has 0 spiro atoms. The van der Waals surface area contributed by atoms with Gasteiger partial charge in [-0.15, -0.1) is 0 Å². The van der Waals surface area contributed by atoms with Gasteiger partial charge in [-0.05, 0) is 18.2 Å². The van der Waals surface area contributed by atoms with Crippen LogP contribution in [0.1, 0.15) is 35.5 Å². The fourth-order valence-electron chi connectivity index (χ4n) is 3.94. The van der Waals surface area contributed by atoms with Crippen LogP contribution in [0, 0.1) is 0 Å². The van der Waals surface area contributed by atoms with E-state index in [2.05, 4.69) is 16.1 Å². The molecule has 0 saturated heterocycles. The Labute approximate surface area is 142 Å². The van der Waals surface area contributed by atoms with Gasteiger partial charge in [-0.3, -0.25) is 0 Å². The first-order valence-corrected chi connectivity index (χ1v) is 8.04. The van der Waals surface area contributed by atoms with Crippen molar-refractivity contribution in [3.8, 4) is 5.75 Å². The van der Waals surface area contributed by atoms with Gasteiger partial charge in [0.1, 0.15) is 11.5 Å². The van der Waals surface area contributed by atoms with E-state index >= 15 is 0 Å². The van der Waals surface area contributed by atoms with Gasteiger partial charge in [0.25, 0.3) is 0 Å². The lowest BCUT2D eigenvalue weighted by Gasteiger charge is -2.22. The van der Waals surface area contributed by atoms with E-state index < -0.39 is 6.61 Å². The number of alkyl halides is 2. The quantitative estimate of drug-likeness (QED) is 0.680. The molecular weight excluding hydrogens is 326 g/mol. The van der Waals surface area contributed by atoms with Crippen LogP contribution < -0.4 is 4.74 Å². The summed E-state index contributed by atoms with van der Waals surface area (Å²) in [4.78, 5) is 4.68. The number of nitrogens with zero attached hydrogens (tertiary/aromatic N) is 2. The molecule has 126 valence electrons. The lowest BCUT2D eigenvalue weighted by atomic mass is 9.97. The number of para-hydroxylation sites is 2. The molecule has 6 heteroatoms. The minimum absolute atomic E-state index is 0.161. The van der Waals surface area contributed by atoms with Gasteiger partial charge in [-0.25, -0.2) is 4.98 Å². The topological polar surface area (TPSA) is 36.3 Å². The predicted molar refractivity (Wildman–Crippen MR) is 88.4 cm³/mol. The van der Waals surface area contributed by atoms with E-state index in [1.54, 1.807) is 12.1 Å². The number of imidazole rings is 1. The number of hydrogen-bond donors (Lipinski definition) is 0. The second kappa shape index (κ2) is 5.05. The van der Waals surface area contributed by atoms with E-state index in [1.807, 2.05) is 30.3 Å². The van der Waals surface area contributed by atoms with Crippen molar-refractivity contribution in [3.63, 3.8) is 0 Å². The van der Waals surface area contributed by atoms with Gasteiger partial charge in [-0.1, -0.05) is 30.8 Å². The largest absolute Gasteiger partial charge is 0.482 e. The van der Waals surface area contributed by atoms with E-state index in [-0.39, 0.29) is 17.9 Å². The number of hydrogen-bond acceptors (Lipinski definition) is 3. The maximum Gasteiger partial charge on any atom is 0.387 e. The second-order valence-corrected chi connectivity index (χ2v) is 6.21. The average molecular weight is 340 g/mol. The lowest BCUT2D eigenvalue weighted by molar-refractivity contribution is -0.0506. The Morgan fingerprint density at radius 2 is 2.04 bits per heavy atom. The van der Waals surface area contributed by atoms with E-state index in [4.69, 9.17) is 9.47 Å². The molecular formula is C19H14F2N2O2. The van der Waals surface area contributed by atoms with Crippen LogP contribution >= 0.6 is 0 Å². The van der Waals surface area contributed by atoms with Crippen molar-refractivity contribution in [3.05, 3.63) is 66.0 Å². The fourth-order valence-corrected chi connectivity index (χ4v) is 3.94. The van der Waals surface area contributed by atoms with Gasteiger partial charge in [-0.2, -0.15) is 8.78 Å². The standard InChI is InChI=1S/C19H14F2N2O2/c1-10-11-5-4-8-15(25-19(20)21)17(11)14-9-16(24-10)18-22-12-6-2-3-7-13(12)23(14)18/h2-8,14,16,19H,1,9H2. The molecule has 0 amide bonds. The zero-order chi connectivity index (χ0) is 17.1. The summed E-state index contributed by atoms with van der Waals surface area (Å²) in [6.45, 7) is 1.09. The highest BCUT2D eigenvalue weighted by Gasteiger charge is 2.42. The summed E-state index contributed by atoms with van der Waals surface area (Å²) in [5, 5.41) is 0. The molecule has 5 rings (SSSR count). The van der Waals surface area contributed by atoms with Gasteiger partial charge < -0.3 is 14.0 Å². The molecule has 0 saturated carbocycles. The van der Waals surface area contributed by atoms with Crippen LogP contribution in [-0.2, 0) is 4.74 Å². The Morgan fingerprint density at radius 1 is 1.20 bits per heavy atom. The van der Waals surface area contributed by atoms with Crippen LogP contribution in [0.3, 0.4) is 0 Å². The van der Waals surface area contributed by atoms with Crippen molar-refractivity contribution in [1.82, 2.24) is 9.55 Å². The fraction of sp³-hybridized carbons (Fsp3) is 0.211. The maximum atomic E-state index is 12.9. The Bertz CT molecular complexity index is 1010. The molecule has 2 aromatic carbocycles. The molecule has 2 unspecified atom stereocenters. The number of benzene rings is 2. The summed E-state index contributed by atoms with van der Waals surface area (Å²) in [7, 11) is 0. The Hall–Kier alpha value is -2.89. The Kier molecular flexibility index (Phi) is 2.92. The highest BCUT2D eigenvalue weighted by molar-refractivity contribution is 5.78. The van der Waals surface area contributed by atoms with E-state index in [0.717, 1.165) is 16.9 Å². The molecule has 3 aromatic rings. The SMILES string of the molecule is C=C1OC2CC(c3c(OC(F)F)cccc31)n1c2nc2ccccc21. The Balaban J connectivity index is 1.79. The van der Waals surface area contributed by atoms with Crippen LogP contribution in [0.4, 0.5) is 8.78 Å². The van der Waals surface area contributed by atoms with Gasteiger partial charge >= 0.3 is 6.61 Å². The van der Waals surface area contributed by atoms with Crippen molar-refractivity contribution in [2.24, 2.45) is 0 Å². The highest BCUT2D eigenvalue weighted by Crippen LogP contribution is 2.51. The smallest absolute Gasteiger partial charge is 0.387 e. The van der Waals surface area contributed by atoms with Crippen LogP contribution in [0.15, 0.2) is 49.0 Å². The van der Waals surface area contributed by atoms with Gasteiger partial charge in [0.2, 0.25) is 0 Å². The van der Waals surface area contributed by atoms with Crippen molar-refractivity contribution in [2.75, 3.05) is 0 Å². The summed E-state index contributed by atoms with van der Waals surface area (Å²) in [5.74, 6) is 1.42. The molecule has 4 nitrogen and oxygen atoms in total. The number of ether oxygens (including phenoxy) is 2. The zero-order valence-corrected chi connectivity index (χ0v) is 13.2. The third kappa shape index (κ3) is 2.00. The van der Waals surface area contributed by atoms with Crippen LogP contribution in [0.5, 0.6) is 5.75 Å². The molecule has 0 aliphatic carbocycles. The second-order valence-electron chi connectivity index (χ2n) is 6.21. The predicted octanol–water partition coefficient (Wildman–Crippen LogP) is 4.67. The summed E-state index contributed by atoms with van der Waals surface area (Å²) in [6.07, 6.45) is 0.361. The molecule has 2 aliphatic heterocycles. The van der Waals surface area contributed by atoms with E-state index in [9.17, 15) is 8.78 Å². The van der Waals surface area contributed by atoms with Gasteiger partial charge in [0, 0.05) is 17.5 Å². The van der Waals surface area contributed by atoms with Crippen LogP contribution in [0.25, 0.3) is 16.8 Å². The first kappa shape index (κ1) is 14.5. The van der Waals surface area contributed by atoms with E-state index in [0.29, 0.717) is 23.3 Å². The highest BCUT2D eigenvalue weighted by atomic mass is 19.3. The first-order chi connectivity index (χ1) is 12.1. The molecule has 2 bridgehead atoms. The number of rotatable bonds is 2. The third-order valence-corrected chi connectivity index (χ3v) is 4.86. The maximum absolute atomic E-state index is 12.9. The van der Waals surface area contributed by atoms with Crippen molar-refractivity contribution in [2.45, 2.75) is 25.2 Å². The summed E-state index contributed by atoms with van der Waals surface area (Å²) in [5.41, 5.74) is 3.20. The summed E-state index contributed by atoms with van der Waals surface area (Å²) < 4.78 is 38.8. The summed E-state index contributed by atoms with van der Waals surface area (Å²) in [6, 6.07) is 12.7. The molecule has 0 fully saturated rings. The number of fused-ring (bicyclic) bond motifs is 9. The third-order valence-electron chi connectivity index (χ3n) is 4.86. The number of halogens is 2. The minimum Gasteiger partial charge on any atom is -0.482 e. The first-order valence-electron chi connectivity index (χ1n) is 8.04. The molecule has 3 heterocycles. The van der Waals surface area contributed by atoms with Gasteiger partial charge in [0.05, 0.1) is 17.1 Å². The Morgan fingerprint density at radius 3 is 2.88 bits per heavy atom. The van der Waals surface area contributed by atoms with Crippen LogP contribution in [0.2, 0.25) is 0 Å². The molecule has 2 aliphatic rings.